The van der Waals surface area contributed by atoms with Gasteiger partial charge in [0.05, 0.1) is 0 Å². The Hall–Kier alpha value is -2.08. The molecule has 2 saturated carbocycles. The maximum atomic E-state index is 12.4. The number of nitrogens with one attached hydrogen (secondary N) is 2. The van der Waals surface area contributed by atoms with Crippen LogP contribution in [-0.4, -0.2) is 42.5 Å². The zero-order valence-corrected chi connectivity index (χ0v) is 16.2. The molecule has 2 aliphatic carbocycles. The highest BCUT2D eigenvalue weighted by atomic mass is 16.2. The number of nitrogens with two attached hydrogens (primary N) is 1. The molecule has 3 rings (SSSR count). The van der Waals surface area contributed by atoms with E-state index in [9.17, 15) is 9.59 Å². The summed E-state index contributed by atoms with van der Waals surface area (Å²) in [5, 5.41) is 6.06. The first-order chi connectivity index (χ1) is 13.0. The molecule has 4 N–H and O–H groups in total. The van der Waals surface area contributed by atoms with Crippen molar-refractivity contribution in [1.82, 2.24) is 15.5 Å². The second-order valence-electron chi connectivity index (χ2n) is 8.10. The lowest BCUT2D eigenvalue weighted by Crippen LogP contribution is -2.54. The number of fused-ring (bicyclic) bond motifs is 2. The summed E-state index contributed by atoms with van der Waals surface area (Å²) in [5.74, 6) is 1.06. The Labute approximate surface area is 161 Å². The van der Waals surface area contributed by atoms with Crippen LogP contribution < -0.4 is 16.4 Å². The lowest BCUT2D eigenvalue weighted by molar-refractivity contribution is -0.123. The predicted molar refractivity (Wildman–Crippen MR) is 106 cm³/mol. The van der Waals surface area contributed by atoms with Crippen molar-refractivity contribution in [3.05, 3.63) is 35.9 Å². The molecule has 0 spiro atoms. The van der Waals surface area contributed by atoms with E-state index in [0.717, 1.165) is 31.2 Å². The Morgan fingerprint density at radius 1 is 1.15 bits per heavy atom. The van der Waals surface area contributed by atoms with Gasteiger partial charge in [-0.05, 0) is 43.1 Å². The summed E-state index contributed by atoms with van der Waals surface area (Å²) in [5.41, 5.74) is 7.23. The van der Waals surface area contributed by atoms with Gasteiger partial charge >= 0.3 is 6.03 Å². The van der Waals surface area contributed by atoms with Crippen LogP contribution in [0.5, 0.6) is 0 Å². The Bertz CT molecular complexity index is 622. The van der Waals surface area contributed by atoms with Gasteiger partial charge in [-0.15, -0.1) is 0 Å². The summed E-state index contributed by atoms with van der Waals surface area (Å²) >= 11 is 0. The minimum absolute atomic E-state index is 0.0263. The molecular weight excluding hydrogens is 340 g/mol. The molecule has 2 fully saturated rings. The fourth-order valence-corrected chi connectivity index (χ4v) is 4.63. The van der Waals surface area contributed by atoms with Crippen LogP contribution in [0.1, 0.15) is 44.1 Å². The number of urea groups is 1. The molecular formula is C21H32N4O2. The molecule has 0 radical (unpaired) electrons. The fraction of sp³-hybridized carbons (Fsp3) is 0.619. The number of carbonyl (C=O) groups excluding carboxylic acids is 2. The third kappa shape index (κ3) is 5.45. The average Bonchev–Trinajstić information content (AvgIpc) is 2.63. The van der Waals surface area contributed by atoms with Gasteiger partial charge in [0.25, 0.3) is 0 Å². The van der Waals surface area contributed by atoms with Crippen molar-refractivity contribution in [3.63, 3.8) is 0 Å². The van der Waals surface area contributed by atoms with Crippen LogP contribution in [0, 0.1) is 11.8 Å². The molecule has 2 bridgehead atoms. The first-order valence-electron chi connectivity index (χ1n) is 10.1. The van der Waals surface area contributed by atoms with Crippen molar-refractivity contribution >= 4 is 11.9 Å². The fourth-order valence-electron chi connectivity index (χ4n) is 4.63. The molecule has 6 nitrogen and oxygen atoms in total. The smallest absolute Gasteiger partial charge is 0.317 e. The number of hydrogen-bond acceptors (Lipinski definition) is 3. The molecule has 0 heterocycles. The molecule has 2 atom stereocenters. The average molecular weight is 373 g/mol. The molecule has 6 heteroatoms. The zero-order valence-electron chi connectivity index (χ0n) is 16.2. The third-order valence-corrected chi connectivity index (χ3v) is 5.94. The number of hydrogen-bond donors (Lipinski definition) is 3. The first-order valence-corrected chi connectivity index (χ1v) is 10.1. The largest absolute Gasteiger partial charge is 0.353 e. The van der Waals surface area contributed by atoms with Gasteiger partial charge in [-0.2, -0.15) is 0 Å². The second kappa shape index (κ2) is 9.22. The Kier molecular flexibility index (Phi) is 6.72. The van der Waals surface area contributed by atoms with E-state index in [1.54, 1.807) is 11.9 Å². The van der Waals surface area contributed by atoms with E-state index < -0.39 is 0 Å². The van der Waals surface area contributed by atoms with E-state index in [2.05, 4.69) is 10.6 Å². The minimum atomic E-state index is -0.160. The first kappa shape index (κ1) is 19.7. The molecule has 0 saturated heterocycles. The van der Waals surface area contributed by atoms with Crippen LogP contribution in [0.4, 0.5) is 4.79 Å². The Balaban J connectivity index is 1.38. The van der Waals surface area contributed by atoms with E-state index >= 15 is 0 Å². The molecule has 0 aliphatic heterocycles. The SMILES string of the molecule is CN(Cc1ccccc1)C(=O)NCCC(=O)NC1C2CCCC1CC(N)C2. The standard InChI is InChI=1S/C21H32N4O2/c1-25(14-15-6-3-2-4-7-15)21(27)23-11-10-19(26)24-20-16-8-5-9-17(20)13-18(22)12-16/h2-4,6-7,16-18,20H,5,8-14,22H2,1H3,(H,23,27)(H,24,26). The molecule has 1 aromatic carbocycles. The van der Waals surface area contributed by atoms with Crippen LogP contribution in [-0.2, 0) is 11.3 Å². The Morgan fingerprint density at radius 2 is 1.81 bits per heavy atom. The van der Waals surface area contributed by atoms with Crippen molar-refractivity contribution in [3.8, 4) is 0 Å². The highest BCUT2D eigenvalue weighted by Gasteiger charge is 2.39. The minimum Gasteiger partial charge on any atom is -0.353 e. The summed E-state index contributed by atoms with van der Waals surface area (Å²) in [6.07, 6.45) is 5.92. The molecule has 27 heavy (non-hydrogen) atoms. The van der Waals surface area contributed by atoms with Crippen molar-refractivity contribution in [2.75, 3.05) is 13.6 Å². The highest BCUT2D eigenvalue weighted by Crippen LogP contribution is 2.39. The highest BCUT2D eigenvalue weighted by molar-refractivity contribution is 5.78. The number of benzene rings is 1. The number of amides is 3. The molecule has 2 aliphatic rings. The Morgan fingerprint density at radius 3 is 2.48 bits per heavy atom. The van der Waals surface area contributed by atoms with Gasteiger partial charge in [0.1, 0.15) is 0 Å². The van der Waals surface area contributed by atoms with Crippen molar-refractivity contribution < 1.29 is 9.59 Å². The molecule has 2 unspecified atom stereocenters. The summed E-state index contributed by atoms with van der Waals surface area (Å²) < 4.78 is 0. The number of rotatable bonds is 6. The monoisotopic (exact) mass is 372 g/mol. The quantitative estimate of drug-likeness (QED) is 0.716. The van der Waals surface area contributed by atoms with Gasteiger partial charge in [-0.25, -0.2) is 4.79 Å². The van der Waals surface area contributed by atoms with E-state index in [0.29, 0.717) is 31.3 Å². The van der Waals surface area contributed by atoms with E-state index in [1.165, 1.54) is 6.42 Å². The van der Waals surface area contributed by atoms with Crippen molar-refractivity contribution in [1.29, 1.82) is 0 Å². The summed E-state index contributed by atoms with van der Waals surface area (Å²) in [7, 11) is 1.76. The topological polar surface area (TPSA) is 87.5 Å². The van der Waals surface area contributed by atoms with Crippen LogP contribution >= 0.6 is 0 Å². The zero-order chi connectivity index (χ0) is 19.2. The maximum Gasteiger partial charge on any atom is 0.317 e. The van der Waals surface area contributed by atoms with Gasteiger partial charge < -0.3 is 21.3 Å². The van der Waals surface area contributed by atoms with E-state index in [4.69, 9.17) is 5.73 Å². The van der Waals surface area contributed by atoms with Gasteiger partial charge in [0.2, 0.25) is 5.91 Å². The lowest BCUT2D eigenvalue weighted by atomic mass is 9.67. The normalized spacial score (nSPS) is 26.9. The van der Waals surface area contributed by atoms with Gasteiger partial charge in [0.15, 0.2) is 0 Å². The van der Waals surface area contributed by atoms with E-state index in [1.807, 2.05) is 30.3 Å². The van der Waals surface area contributed by atoms with Crippen LogP contribution in [0.3, 0.4) is 0 Å². The van der Waals surface area contributed by atoms with Gasteiger partial charge in [-0.1, -0.05) is 36.8 Å². The third-order valence-electron chi connectivity index (χ3n) is 5.94. The lowest BCUT2D eigenvalue weighted by Gasteiger charge is -2.45. The van der Waals surface area contributed by atoms with Crippen molar-refractivity contribution in [2.45, 2.75) is 57.2 Å². The number of carbonyl (C=O) groups is 2. The van der Waals surface area contributed by atoms with Crippen LogP contribution in [0.2, 0.25) is 0 Å². The summed E-state index contributed by atoms with van der Waals surface area (Å²) in [4.78, 5) is 26.2. The molecule has 148 valence electrons. The van der Waals surface area contributed by atoms with E-state index in [-0.39, 0.29) is 24.0 Å². The molecule has 0 aromatic heterocycles. The van der Waals surface area contributed by atoms with Crippen molar-refractivity contribution in [2.24, 2.45) is 17.6 Å². The summed E-state index contributed by atoms with van der Waals surface area (Å²) in [6.45, 7) is 0.899. The predicted octanol–water partition coefficient (Wildman–Crippen LogP) is 2.24. The maximum absolute atomic E-state index is 12.4. The van der Waals surface area contributed by atoms with Gasteiger partial charge in [0, 0.05) is 38.6 Å². The summed E-state index contributed by atoms with van der Waals surface area (Å²) in [6, 6.07) is 10.2. The number of nitrogens with zero attached hydrogens (tertiary/aromatic N) is 1. The van der Waals surface area contributed by atoms with Gasteiger partial charge in [-0.3, -0.25) is 4.79 Å². The van der Waals surface area contributed by atoms with Crippen LogP contribution in [0.25, 0.3) is 0 Å². The molecule has 3 amide bonds. The molecule has 1 aromatic rings. The van der Waals surface area contributed by atoms with Crippen LogP contribution in [0.15, 0.2) is 30.3 Å². The second-order valence-corrected chi connectivity index (χ2v) is 8.10.